The molecule has 2 heterocycles. The van der Waals surface area contributed by atoms with Crippen molar-refractivity contribution in [3.8, 4) is 10.6 Å². The Morgan fingerprint density at radius 1 is 1.13 bits per heavy atom. The molecule has 0 aliphatic heterocycles. The van der Waals surface area contributed by atoms with E-state index < -0.39 is 5.97 Å². The van der Waals surface area contributed by atoms with E-state index in [9.17, 15) is 9.59 Å². The van der Waals surface area contributed by atoms with Gasteiger partial charge in [0.1, 0.15) is 5.01 Å². The summed E-state index contributed by atoms with van der Waals surface area (Å²) in [4.78, 5) is 28.7. The van der Waals surface area contributed by atoms with Crippen LogP contribution in [0.15, 0.2) is 51.6 Å². The van der Waals surface area contributed by atoms with Crippen molar-refractivity contribution < 1.29 is 14.3 Å². The number of rotatable bonds is 5. The van der Waals surface area contributed by atoms with Crippen molar-refractivity contribution in [2.24, 2.45) is 0 Å². The lowest BCUT2D eigenvalue weighted by Gasteiger charge is -2.00. The highest BCUT2D eigenvalue weighted by Crippen LogP contribution is 2.24. The number of nitrogens with zero attached hydrogens (tertiary/aromatic N) is 1. The summed E-state index contributed by atoms with van der Waals surface area (Å²) in [5, 5.41) is 2.38. The SMILES string of the molecule is O=C(OCC(=O)c1ccc(Br)s1)c1csc(-c2ccccc2)n1. The van der Waals surface area contributed by atoms with Gasteiger partial charge >= 0.3 is 5.97 Å². The molecule has 116 valence electrons. The van der Waals surface area contributed by atoms with Gasteiger partial charge in [0.2, 0.25) is 5.78 Å². The van der Waals surface area contributed by atoms with Gasteiger partial charge in [-0.25, -0.2) is 9.78 Å². The maximum Gasteiger partial charge on any atom is 0.358 e. The predicted molar refractivity (Wildman–Crippen MR) is 94.2 cm³/mol. The first-order valence-corrected chi connectivity index (χ1v) is 9.09. The summed E-state index contributed by atoms with van der Waals surface area (Å²) < 4.78 is 5.91. The number of hydrogen-bond acceptors (Lipinski definition) is 6. The molecule has 0 saturated carbocycles. The molecule has 0 aliphatic rings. The van der Waals surface area contributed by atoms with E-state index >= 15 is 0 Å². The van der Waals surface area contributed by atoms with E-state index in [1.165, 1.54) is 22.7 Å². The molecule has 3 rings (SSSR count). The highest BCUT2D eigenvalue weighted by Gasteiger charge is 2.16. The first-order chi connectivity index (χ1) is 11.1. The number of carbonyl (C=O) groups is 2. The summed E-state index contributed by atoms with van der Waals surface area (Å²) in [6.07, 6.45) is 0. The van der Waals surface area contributed by atoms with E-state index in [1.54, 1.807) is 17.5 Å². The fourth-order valence-corrected chi connectivity index (χ4v) is 3.93. The third kappa shape index (κ3) is 3.93. The molecule has 0 N–H and O–H groups in total. The lowest BCUT2D eigenvalue weighted by Crippen LogP contribution is -2.13. The van der Waals surface area contributed by atoms with Gasteiger partial charge in [0.25, 0.3) is 0 Å². The minimum absolute atomic E-state index is 0.217. The molecule has 1 aromatic carbocycles. The second kappa shape index (κ2) is 7.16. The second-order valence-corrected chi connectivity index (χ2v) is 7.83. The molecule has 0 unspecified atom stereocenters. The molecule has 4 nitrogen and oxygen atoms in total. The molecule has 0 atom stereocenters. The van der Waals surface area contributed by atoms with Crippen LogP contribution >= 0.6 is 38.6 Å². The van der Waals surface area contributed by atoms with Crippen molar-refractivity contribution in [3.63, 3.8) is 0 Å². The second-order valence-electron chi connectivity index (χ2n) is 4.51. The predicted octanol–water partition coefficient (Wildman–Crippen LogP) is 4.67. The van der Waals surface area contributed by atoms with E-state index in [1.807, 2.05) is 30.3 Å². The number of thiazole rings is 1. The number of halogens is 1. The molecule has 23 heavy (non-hydrogen) atoms. The van der Waals surface area contributed by atoms with Crippen LogP contribution in [-0.2, 0) is 4.74 Å². The molecule has 2 aromatic heterocycles. The molecule has 0 bridgehead atoms. The highest BCUT2D eigenvalue weighted by atomic mass is 79.9. The number of benzene rings is 1. The third-order valence-corrected chi connectivity index (χ3v) is 5.47. The smallest absolute Gasteiger partial charge is 0.358 e. The minimum atomic E-state index is -0.590. The maximum atomic E-state index is 12.0. The van der Waals surface area contributed by atoms with Crippen molar-refractivity contribution in [2.75, 3.05) is 6.61 Å². The van der Waals surface area contributed by atoms with Crippen molar-refractivity contribution in [1.29, 1.82) is 0 Å². The number of esters is 1. The summed E-state index contributed by atoms with van der Waals surface area (Å²) in [6.45, 7) is -0.288. The third-order valence-electron chi connectivity index (χ3n) is 2.92. The van der Waals surface area contributed by atoms with Crippen molar-refractivity contribution in [3.05, 3.63) is 62.2 Å². The van der Waals surface area contributed by atoms with Gasteiger partial charge in [-0.05, 0) is 28.1 Å². The average molecular weight is 408 g/mol. The number of thiophene rings is 1. The molecule has 0 saturated heterocycles. The van der Waals surface area contributed by atoms with Crippen LogP contribution < -0.4 is 0 Å². The van der Waals surface area contributed by atoms with Crippen LogP contribution in [0.25, 0.3) is 10.6 Å². The van der Waals surface area contributed by atoms with E-state index in [2.05, 4.69) is 20.9 Å². The number of ketones is 1. The average Bonchev–Trinajstić information content (AvgIpc) is 3.22. The largest absolute Gasteiger partial charge is 0.453 e. The number of hydrogen-bond donors (Lipinski definition) is 0. The van der Waals surface area contributed by atoms with Crippen molar-refractivity contribution >= 4 is 50.4 Å². The summed E-state index contributed by atoms with van der Waals surface area (Å²) in [7, 11) is 0. The fourth-order valence-electron chi connectivity index (χ4n) is 1.82. The Labute approximate surface area is 148 Å². The van der Waals surface area contributed by atoms with Crippen LogP contribution in [0, 0.1) is 0 Å². The normalized spacial score (nSPS) is 10.5. The van der Waals surface area contributed by atoms with Gasteiger partial charge in [-0.3, -0.25) is 4.79 Å². The van der Waals surface area contributed by atoms with Gasteiger partial charge in [-0.1, -0.05) is 30.3 Å². The lowest BCUT2D eigenvalue weighted by atomic mass is 10.2. The van der Waals surface area contributed by atoms with Crippen LogP contribution in [0.4, 0.5) is 0 Å². The van der Waals surface area contributed by atoms with Crippen molar-refractivity contribution in [1.82, 2.24) is 4.98 Å². The number of ether oxygens (including phenoxy) is 1. The van der Waals surface area contributed by atoms with E-state index in [4.69, 9.17) is 4.74 Å². The lowest BCUT2D eigenvalue weighted by molar-refractivity contribution is 0.0471. The van der Waals surface area contributed by atoms with Crippen LogP contribution in [-0.4, -0.2) is 23.3 Å². The Kier molecular flexibility index (Phi) is 5.00. The molecule has 0 fully saturated rings. The zero-order valence-corrected chi connectivity index (χ0v) is 14.9. The first kappa shape index (κ1) is 16.0. The summed E-state index contributed by atoms with van der Waals surface area (Å²) in [5.41, 5.74) is 1.16. The van der Waals surface area contributed by atoms with Gasteiger partial charge < -0.3 is 4.74 Å². The molecule has 7 heteroatoms. The zero-order chi connectivity index (χ0) is 16.2. The summed E-state index contributed by atoms with van der Waals surface area (Å²) >= 11 is 5.96. The fraction of sp³-hybridized carbons (Fsp3) is 0.0625. The summed E-state index contributed by atoms with van der Waals surface area (Å²) in [6, 6.07) is 13.1. The molecule has 3 aromatic rings. The van der Waals surface area contributed by atoms with E-state index in [0.717, 1.165) is 14.4 Å². The number of Topliss-reactive ketones (excluding diaryl/α,β-unsaturated/α-hetero) is 1. The Hall–Kier alpha value is -1.83. The summed E-state index contributed by atoms with van der Waals surface area (Å²) in [5.74, 6) is -0.819. The quantitative estimate of drug-likeness (QED) is 0.455. The number of aromatic nitrogens is 1. The van der Waals surface area contributed by atoms with Crippen LogP contribution in [0.1, 0.15) is 20.2 Å². The Bertz CT molecular complexity index is 842. The Balaban J connectivity index is 1.63. The standard InChI is InChI=1S/C16H10BrNO3S2/c17-14-7-6-13(23-14)12(19)8-21-16(20)11-9-22-15(18-11)10-4-2-1-3-5-10/h1-7,9H,8H2. The van der Waals surface area contributed by atoms with E-state index in [-0.39, 0.29) is 18.1 Å². The molecular formula is C16H10BrNO3S2. The van der Waals surface area contributed by atoms with Gasteiger partial charge in [0.15, 0.2) is 12.3 Å². The Morgan fingerprint density at radius 3 is 2.61 bits per heavy atom. The molecule has 0 spiro atoms. The van der Waals surface area contributed by atoms with Crippen LogP contribution in [0.5, 0.6) is 0 Å². The highest BCUT2D eigenvalue weighted by molar-refractivity contribution is 9.11. The minimum Gasteiger partial charge on any atom is -0.453 e. The van der Waals surface area contributed by atoms with Gasteiger partial charge in [-0.15, -0.1) is 22.7 Å². The zero-order valence-electron chi connectivity index (χ0n) is 11.7. The van der Waals surface area contributed by atoms with Gasteiger partial charge in [0, 0.05) is 10.9 Å². The van der Waals surface area contributed by atoms with E-state index in [0.29, 0.717) is 4.88 Å². The van der Waals surface area contributed by atoms with Crippen LogP contribution in [0.2, 0.25) is 0 Å². The Morgan fingerprint density at radius 2 is 1.91 bits per heavy atom. The monoisotopic (exact) mass is 407 g/mol. The number of carbonyl (C=O) groups excluding carboxylic acids is 2. The van der Waals surface area contributed by atoms with Crippen LogP contribution in [0.3, 0.4) is 0 Å². The van der Waals surface area contributed by atoms with Gasteiger partial charge in [0.05, 0.1) is 8.66 Å². The first-order valence-electron chi connectivity index (χ1n) is 6.60. The topological polar surface area (TPSA) is 56.3 Å². The molecule has 0 amide bonds. The van der Waals surface area contributed by atoms with Gasteiger partial charge in [-0.2, -0.15) is 0 Å². The van der Waals surface area contributed by atoms with Crippen molar-refractivity contribution in [2.45, 2.75) is 0 Å². The molecule has 0 aliphatic carbocycles. The molecular weight excluding hydrogens is 398 g/mol. The maximum absolute atomic E-state index is 12.0. The molecule has 0 radical (unpaired) electrons.